The maximum absolute atomic E-state index is 5.55. The predicted molar refractivity (Wildman–Crippen MR) is 55.4 cm³/mol. The smallest absolute Gasteiger partial charge is 0.149 e. The standard InChI is InChI=1S/C13H9O/c1-2-6-11-10(5-1)9-14-13-8-4-3-7-12(11)13/h1-7,9,13H. The van der Waals surface area contributed by atoms with Gasteiger partial charge in [0.05, 0.1) is 6.26 Å². The zero-order valence-corrected chi connectivity index (χ0v) is 7.60. The quantitative estimate of drug-likeness (QED) is 0.578. The molecular formula is C13H9O. The van der Waals surface area contributed by atoms with Gasteiger partial charge in [-0.3, -0.25) is 0 Å². The fraction of sp³-hybridized carbons (Fsp3) is 0.0769. The summed E-state index contributed by atoms with van der Waals surface area (Å²) >= 11 is 0. The first-order valence-corrected chi connectivity index (χ1v) is 4.66. The number of benzene rings is 1. The molecular weight excluding hydrogens is 172 g/mol. The Bertz CT molecular complexity index is 535. The molecule has 0 aromatic heterocycles. The van der Waals surface area contributed by atoms with Crippen LogP contribution in [0.4, 0.5) is 0 Å². The summed E-state index contributed by atoms with van der Waals surface area (Å²) in [7, 11) is 0. The van der Waals surface area contributed by atoms with E-state index in [4.69, 9.17) is 4.74 Å². The Morgan fingerprint density at radius 1 is 1.21 bits per heavy atom. The topological polar surface area (TPSA) is 9.23 Å². The van der Waals surface area contributed by atoms with Crippen molar-refractivity contribution in [3.8, 4) is 0 Å². The van der Waals surface area contributed by atoms with Crippen molar-refractivity contribution in [2.45, 2.75) is 6.10 Å². The number of fused-ring (bicyclic) bond motifs is 2. The van der Waals surface area contributed by atoms with Gasteiger partial charge in [0.25, 0.3) is 0 Å². The SMILES string of the molecule is [C]1=CC=CC2=c3ccccc3=COC12. The summed E-state index contributed by atoms with van der Waals surface area (Å²) < 4.78 is 5.55. The van der Waals surface area contributed by atoms with Gasteiger partial charge >= 0.3 is 0 Å². The van der Waals surface area contributed by atoms with Gasteiger partial charge < -0.3 is 4.74 Å². The molecule has 1 heteroatoms. The molecule has 1 aromatic carbocycles. The lowest BCUT2D eigenvalue weighted by molar-refractivity contribution is 0.269. The molecule has 1 radical (unpaired) electrons. The first kappa shape index (κ1) is 7.63. The highest BCUT2D eigenvalue weighted by Crippen LogP contribution is 2.15. The number of rotatable bonds is 0. The molecule has 1 aliphatic carbocycles. The summed E-state index contributed by atoms with van der Waals surface area (Å²) in [6, 6.07) is 8.25. The third-order valence-electron chi connectivity index (χ3n) is 2.50. The van der Waals surface area contributed by atoms with E-state index in [0.717, 1.165) is 5.22 Å². The molecule has 1 atom stereocenters. The van der Waals surface area contributed by atoms with Crippen LogP contribution in [0.1, 0.15) is 0 Å². The van der Waals surface area contributed by atoms with Gasteiger partial charge in [0, 0.05) is 16.9 Å². The molecule has 0 spiro atoms. The molecule has 0 fully saturated rings. The summed E-state index contributed by atoms with van der Waals surface area (Å²) in [5.74, 6) is 0. The summed E-state index contributed by atoms with van der Waals surface area (Å²) in [6.45, 7) is 0. The summed E-state index contributed by atoms with van der Waals surface area (Å²) in [6.07, 6.45) is 10.9. The number of ether oxygens (including phenoxy) is 1. The third-order valence-corrected chi connectivity index (χ3v) is 2.50. The molecule has 1 nitrogen and oxygen atoms in total. The van der Waals surface area contributed by atoms with Gasteiger partial charge in [-0.05, 0) is 5.22 Å². The average Bonchev–Trinajstić information content (AvgIpc) is 2.29. The van der Waals surface area contributed by atoms with Crippen LogP contribution in [0.2, 0.25) is 0 Å². The fourth-order valence-electron chi connectivity index (χ4n) is 1.82. The number of allylic oxidation sites excluding steroid dienone is 2. The number of hydrogen-bond donors (Lipinski definition) is 0. The van der Waals surface area contributed by atoms with Crippen molar-refractivity contribution in [1.82, 2.24) is 0 Å². The first-order chi connectivity index (χ1) is 6.95. The molecule has 0 N–H and O–H groups in total. The monoisotopic (exact) mass is 181 g/mol. The molecule has 1 aliphatic heterocycles. The van der Waals surface area contributed by atoms with Crippen LogP contribution in [-0.2, 0) is 4.74 Å². The Kier molecular flexibility index (Phi) is 1.57. The van der Waals surface area contributed by atoms with E-state index in [1.807, 2.05) is 30.5 Å². The Labute approximate surface area is 82.3 Å². The van der Waals surface area contributed by atoms with E-state index < -0.39 is 0 Å². The average molecular weight is 181 g/mol. The van der Waals surface area contributed by atoms with E-state index in [9.17, 15) is 0 Å². The predicted octanol–water partition coefficient (Wildman–Crippen LogP) is 0.903. The second-order valence-electron chi connectivity index (χ2n) is 3.37. The van der Waals surface area contributed by atoms with Gasteiger partial charge in [0.2, 0.25) is 0 Å². The van der Waals surface area contributed by atoms with E-state index in [2.05, 4.69) is 24.3 Å². The van der Waals surface area contributed by atoms with Crippen LogP contribution < -0.4 is 10.4 Å². The maximum atomic E-state index is 5.55. The molecule has 0 saturated heterocycles. The van der Waals surface area contributed by atoms with E-state index in [-0.39, 0.29) is 6.10 Å². The van der Waals surface area contributed by atoms with Gasteiger partial charge in [-0.2, -0.15) is 0 Å². The van der Waals surface area contributed by atoms with Crippen LogP contribution >= 0.6 is 0 Å². The van der Waals surface area contributed by atoms with Crippen molar-refractivity contribution in [1.29, 1.82) is 0 Å². The Morgan fingerprint density at radius 2 is 2.14 bits per heavy atom. The fourth-order valence-corrected chi connectivity index (χ4v) is 1.82. The maximum Gasteiger partial charge on any atom is 0.149 e. The molecule has 0 amide bonds. The Morgan fingerprint density at radius 3 is 3.14 bits per heavy atom. The lowest BCUT2D eigenvalue weighted by atomic mass is 9.99. The van der Waals surface area contributed by atoms with Gasteiger partial charge in [-0.15, -0.1) is 0 Å². The zero-order chi connectivity index (χ0) is 9.38. The van der Waals surface area contributed by atoms with E-state index in [0.29, 0.717) is 0 Å². The summed E-state index contributed by atoms with van der Waals surface area (Å²) in [5.41, 5.74) is 1.20. The van der Waals surface area contributed by atoms with Gasteiger partial charge in [0.1, 0.15) is 6.10 Å². The Hall–Kier alpha value is -1.76. The minimum atomic E-state index is -0.0186. The first-order valence-electron chi connectivity index (χ1n) is 4.66. The van der Waals surface area contributed by atoms with Gasteiger partial charge in [-0.1, -0.05) is 42.5 Å². The molecule has 0 saturated carbocycles. The van der Waals surface area contributed by atoms with Crippen molar-refractivity contribution in [3.05, 3.63) is 59.0 Å². The minimum Gasteiger partial charge on any atom is -0.488 e. The molecule has 0 bridgehead atoms. The number of hydrogen-bond acceptors (Lipinski definition) is 1. The largest absolute Gasteiger partial charge is 0.488 e. The van der Waals surface area contributed by atoms with Crippen LogP contribution in [0.25, 0.3) is 11.8 Å². The van der Waals surface area contributed by atoms with E-state index >= 15 is 0 Å². The highest BCUT2D eigenvalue weighted by atomic mass is 16.5. The van der Waals surface area contributed by atoms with Crippen LogP contribution in [0.15, 0.2) is 42.5 Å². The molecule has 14 heavy (non-hydrogen) atoms. The minimum absolute atomic E-state index is 0.0186. The lowest BCUT2D eigenvalue weighted by Gasteiger charge is -2.19. The lowest BCUT2D eigenvalue weighted by Crippen LogP contribution is -2.35. The third kappa shape index (κ3) is 1.02. The highest BCUT2D eigenvalue weighted by molar-refractivity contribution is 5.66. The van der Waals surface area contributed by atoms with Crippen molar-refractivity contribution in [2.75, 3.05) is 0 Å². The van der Waals surface area contributed by atoms with Crippen LogP contribution in [0.5, 0.6) is 0 Å². The van der Waals surface area contributed by atoms with Crippen molar-refractivity contribution < 1.29 is 4.74 Å². The van der Waals surface area contributed by atoms with Crippen molar-refractivity contribution in [2.24, 2.45) is 0 Å². The summed E-state index contributed by atoms with van der Waals surface area (Å²) in [4.78, 5) is 0. The van der Waals surface area contributed by atoms with Gasteiger partial charge in [-0.25, -0.2) is 0 Å². The zero-order valence-electron chi connectivity index (χ0n) is 7.60. The molecule has 67 valence electrons. The van der Waals surface area contributed by atoms with Crippen LogP contribution in [-0.4, -0.2) is 6.10 Å². The van der Waals surface area contributed by atoms with Gasteiger partial charge in [0.15, 0.2) is 0 Å². The molecule has 1 aromatic rings. The van der Waals surface area contributed by atoms with E-state index in [1.165, 1.54) is 10.8 Å². The van der Waals surface area contributed by atoms with Crippen molar-refractivity contribution in [3.63, 3.8) is 0 Å². The van der Waals surface area contributed by atoms with Crippen LogP contribution in [0, 0.1) is 6.08 Å². The second kappa shape index (κ2) is 2.88. The van der Waals surface area contributed by atoms with Crippen molar-refractivity contribution >= 4 is 11.8 Å². The van der Waals surface area contributed by atoms with E-state index in [1.54, 1.807) is 0 Å². The normalized spacial score (nSPS) is 22.0. The molecule has 2 aliphatic rings. The molecule has 1 unspecified atom stereocenters. The molecule has 1 heterocycles. The Balaban J connectivity index is 2.40. The van der Waals surface area contributed by atoms with Crippen LogP contribution in [0.3, 0.4) is 0 Å². The molecule has 3 rings (SSSR count). The highest BCUT2D eigenvalue weighted by Gasteiger charge is 2.15. The summed E-state index contributed by atoms with van der Waals surface area (Å²) in [5, 5.41) is 2.40. The second-order valence-corrected chi connectivity index (χ2v) is 3.37.